The normalized spacial score (nSPS) is 11.6. The van der Waals surface area contributed by atoms with E-state index in [9.17, 15) is 0 Å². The van der Waals surface area contributed by atoms with Gasteiger partial charge in [-0.2, -0.15) is 0 Å². The average Bonchev–Trinajstić information content (AvgIpc) is 2.76. The number of methoxy groups -OCH3 is 1. The van der Waals surface area contributed by atoms with Gasteiger partial charge in [-0.05, 0) is 86.6 Å². The van der Waals surface area contributed by atoms with Crippen molar-refractivity contribution in [3.8, 4) is 5.75 Å². The van der Waals surface area contributed by atoms with Crippen LogP contribution in [0.4, 0.5) is 0 Å². The predicted octanol–water partition coefficient (Wildman–Crippen LogP) is 11.2. The smallest absolute Gasteiger partial charge is 0.134 e. The standard InChI is InChI=1S/C25H18Br6O/c1-3-14-8-20(27)15(9-19(14)26)4-5-16-10-22(29)17(11-21(16)28)6-7-18-12-24(31)25(32-2)13-23(18)30/h4-13H,3H2,1-2H3/b5-4-,7-6-. The number of rotatable bonds is 6. The summed E-state index contributed by atoms with van der Waals surface area (Å²) in [7, 11) is 1.66. The maximum absolute atomic E-state index is 5.35. The van der Waals surface area contributed by atoms with Crippen LogP contribution in [-0.2, 0) is 6.42 Å². The third kappa shape index (κ3) is 6.48. The molecule has 0 unspecified atom stereocenters. The zero-order chi connectivity index (χ0) is 23.4. The molecule has 1 nitrogen and oxygen atoms in total. The van der Waals surface area contributed by atoms with Crippen molar-refractivity contribution < 1.29 is 4.74 Å². The lowest BCUT2D eigenvalue weighted by Gasteiger charge is -2.08. The van der Waals surface area contributed by atoms with Gasteiger partial charge in [-0.3, -0.25) is 0 Å². The summed E-state index contributed by atoms with van der Waals surface area (Å²) in [5.41, 5.74) is 5.62. The summed E-state index contributed by atoms with van der Waals surface area (Å²) in [6, 6.07) is 12.5. The summed E-state index contributed by atoms with van der Waals surface area (Å²) < 4.78 is 11.5. The molecule has 0 radical (unpaired) electrons. The van der Waals surface area contributed by atoms with Gasteiger partial charge in [0.1, 0.15) is 5.75 Å². The van der Waals surface area contributed by atoms with Crippen molar-refractivity contribution in [2.24, 2.45) is 0 Å². The molecule has 0 bridgehead atoms. The summed E-state index contributed by atoms with van der Waals surface area (Å²) in [6.07, 6.45) is 9.36. The van der Waals surface area contributed by atoms with Crippen LogP contribution in [0.15, 0.2) is 63.2 Å². The van der Waals surface area contributed by atoms with E-state index in [1.807, 2.05) is 12.1 Å². The topological polar surface area (TPSA) is 9.23 Å². The van der Waals surface area contributed by atoms with Crippen molar-refractivity contribution >= 4 is 120 Å². The van der Waals surface area contributed by atoms with Crippen molar-refractivity contribution in [3.05, 3.63) is 91.1 Å². The highest BCUT2D eigenvalue weighted by Crippen LogP contribution is 2.34. The fourth-order valence-corrected chi connectivity index (χ4v) is 6.15. The fourth-order valence-electron chi connectivity index (χ4n) is 3.02. The molecule has 0 aliphatic carbocycles. The summed E-state index contributed by atoms with van der Waals surface area (Å²) in [5, 5.41) is 0. The molecular weight excluding hydrogens is 796 g/mol. The van der Waals surface area contributed by atoms with E-state index in [4.69, 9.17) is 4.74 Å². The number of hydrogen-bond acceptors (Lipinski definition) is 1. The molecule has 0 saturated heterocycles. The van der Waals surface area contributed by atoms with Crippen LogP contribution in [0.3, 0.4) is 0 Å². The molecule has 0 aliphatic heterocycles. The number of ether oxygens (including phenoxy) is 1. The van der Waals surface area contributed by atoms with Gasteiger partial charge in [0.25, 0.3) is 0 Å². The van der Waals surface area contributed by atoms with Crippen molar-refractivity contribution in [3.63, 3.8) is 0 Å². The molecule has 0 aliphatic rings. The van der Waals surface area contributed by atoms with E-state index < -0.39 is 0 Å². The molecule has 0 heterocycles. The Hall–Kier alpha value is -0.180. The molecule has 3 aromatic rings. The van der Waals surface area contributed by atoms with Gasteiger partial charge in [-0.1, -0.05) is 111 Å². The second-order valence-corrected chi connectivity index (χ2v) is 12.0. The first-order valence-corrected chi connectivity index (χ1v) is 14.4. The van der Waals surface area contributed by atoms with Crippen molar-refractivity contribution in [1.82, 2.24) is 0 Å². The maximum atomic E-state index is 5.35. The lowest BCUT2D eigenvalue weighted by Crippen LogP contribution is -1.87. The lowest BCUT2D eigenvalue weighted by atomic mass is 10.1. The molecule has 0 aromatic heterocycles. The first-order valence-electron chi connectivity index (χ1n) is 9.59. The van der Waals surface area contributed by atoms with Gasteiger partial charge in [0.2, 0.25) is 0 Å². The number of halogens is 6. The number of hydrogen-bond donors (Lipinski definition) is 0. The summed E-state index contributed by atoms with van der Waals surface area (Å²) >= 11 is 22.0. The van der Waals surface area contributed by atoms with E-state index in [0.29, 0.717) is 0 Å². The third-order valence-electron chi connectivity index (χ3n) is 4.82. The molecule has 0 atom stereocenters. The predicted molar refractivity (Wildman–Crippen MR) is 159 cm³/mol. The summed E-state index contributed by atoms with van der Waals surface area (Å²) in [5.74, 6) is 0.789. The van der Waals surface area contributed by atoms with E-state index >= 15 is 0 Å². The highest BCUT2D eigenvalue weighted by molar-refractivity contribution is 9.11. The van der Waals surface area contributed by atoms with E-state index in [-0.39, 0.29) is 0 Å². The fraction of sp³-hybridized carbons (Fsp3) is 0.120. The zero-order valence-electron chi connectivity index (χ0n) is 17.2. The monoisotopic (exact) mass is 808 g/mol. The average molecular weight is 814 g/mol. The Morgan fingerprint density at radius 3 is 1.38 bits per heavy atom. The molecule has 0 fully saturated rings. The van der Waals surface area contributed by atoms with Crippen molar-refractivity contribution in [2.45, 2.75) is 13.3 Å². The van der Waals surface area contributed by atoms with Gasteiger partial charge in [-0.15, -0.1) is 0 Å². The van der Waals surface area contributed by atoms with Gasteiger partial charge in [0, 0.05) is 22.4 Å². The molecular formula is C25H18Br6O. The van der Waals surface area contributed by atoms with Crippen LogP contribution in [0.25, 0.3) is 24.3 Å². The van der Waals surface area contributed by atoms with E-state index in [0.717, 1.165) is 61.3 Å². The SMILES string of the molecule is CCc1cc(Br)c(/C=C\c2cc(Br)c(/C=C\c3cc(Br)c(OC)cc3Br)cc2Br)cc1Br. The second-order valence-electron chi connectivity index (χ2n) is 6.89. The number of aryl methyl sites for hydroxylation is 1. The van der Waals surface area contributed by atoms with Crippen LogP contribution in [0.5, 0.6) is 5.75 Å². The van der Waals surface area contributed by atoms with E-state index in [1.165, 1.54) is 5.56 Å². The minimum absolute atomic E-state index is 0.789. The molecule has 32 heavy (non-hydrogen) atoms. The highest BCUT2D eigenvalue weighted by Gasteiger charge is 2.08. The van der Waals surface area contributed by atoms with Crippen LogP contribution >= 0.6 is 95.6 Å². The van der Waals surface area contributed by atoms with Crippen LogP contribution in [0, 0.1) is 0 Å². The van der Waals surface area contributed by atoms with E-state index in [2.05, 4.69) is 151 Å². The van der Waals surface area contributed by atoms with Crippen LogP contribution in [0.2, 0.25) is 0 Å². The van der Waals surface area contributed by atoms with E-state index in [1.54, 1.807) is 7.11 Å². The molecule has 3 rings (SSSR count). The molecule has 0 spiro atoms. The van der Waals surface area contributed by atoms with Crippen LogP contribution in [0.1, 0.15) is 34.7 Å². The van der Waals surface area contributed by atoms with Gasteiger partial charge < -0.3 is 4.74 Å². The minimum Gasteiger partial charge on any atom is -0.496 e. The van der Waals surface area contributed by atoms with Crippen LogP contribution < -0.4 is 4.74 Å². The van der Waals surface area contributed by atoms with Gasteiger partial charge in [0.15, 0.2) is 0 Å². The Bertz CT molecular complexity index is 1120. The molecule has 0 N–H and O–H groups in total. The van der Waals surface area contributed by atoms with Crippen molar-refractivity contribution in [2.75, 3.05) is 7.11 Å². The minimum atomic E-state index is 0.789. The lowest BCUT2D eigenvalue weighted by molar-refractivity contribution is 0.412. The maximum Gasteiger partial charge on any atom is 0.134 e. The Balaban J connectivity index is 1.87. The Morgan fingerprint density at radius 2 is 0.938 bits per heavy atom. The van der Waals surface area contributed by atoms with Gasteiger partial charge in [-0.25, -0.2) is 0 Å². The molecule has 0 amide bonds. The third-order valence-corrected chi connectivity index (χ3v) is 8.92. The summed E-state index contributed by atoms with van der Waals surface area (Å²) in [4.78, 5) is 0. The largest absolute Gasteiger partial charge is 0.496 e. The van der Waals surface area contributed by atoms with Crippen LogP contribution in [-0.4, -0.2) is 7.11 Å². The highest BCUT2D eigenvalue weighted by atomic mass is 79.9. The van der Waals surface area contributed by atoms with Crippen molar-refractivity contribution in [1.29, 1.82) is 0 Å². The molecule has 3 aromatic carbocycles. The van der Waals surface area contributed by atoms with Gasteiger partial charge in [0.05, 0.1) is 11.6 Å². The van der Waals surface area contributed by atoms with Gasteiger partial charge >= 0.3 is 0 Å². The molecule has 166 valence electrons. The molecule has 0 saturated carbocycles. The zero-order valence-corrected chi connectivity index (χ0v) is 26.7. The first-order chi connectivity index (χ1) is 15.2. The number of benzene rings is 3. The Labute approximate surface area is 239 Å². The Morgan fingerprint density at radius 1 is 0.562 bits per heavy atom. The quantitative estimate of drug-likeness (QED) is 0.225. The Kier molecular flexibility index (Phi) is 9.90. The second kappa shape index (κ2) is 12.0. The molecule has 7 heteroatoms. The first kappa shape index (κ1) is 26.4. The summed E-state index contributed by atoms with van der Waals surface area (Å²) in [6.45, 7) is 2.15.